The number of amides is 2. The molecular weight excluding hydrogens is 402 g/mol. The highest BCUT2D eigenvalue weighted by Gasteiger charge is 2.31. The zero-order valence-electron chi connectivity index (χ0n) is 19.7. The fourth-order valence-electron chi connectivity index (χ4n) is 4.07. The van der Waals surface area contributed by atoms with Crippen LogP contribution >= 0.6 is 0 Å². The van der Waals surface area contributed by atoms with Crippen molar-refractivity contribution >= 4 is 11.8 Å². The van der Waals surface area contributed by atoms with Crippen LogP contribution in [0.15, 0.2) is 48.7 Å². The van der Waals surface area contributed by atoms with Crippen molar-refractivity contribution in [2.75, 3.05) is 33.4 Å². The summed E-state index contributed by atoms with van der Waals surface area (Å²) in [6.07, 6.45) is 5.05. The van der Waals surface area contributed by atoms with Crippen molar-refractivity contribution in [3.05, 3.63) is 59.9 Å². The monoisotopic (exact) mass is 439 g/mol. The molecule has 6 nitrogen and oxygen atoms in total. The normalized spacial score (nSPS) is 13.8. The van der Waals surface area contributed by atoms with Crippen LogP contribution in [0.2, 0.25) is 0 Å². The van der Waals surface area contributed by atoms with Gasteiger partial charge >= 0.3 is 0 Å². The third-order valence-electron chi connectivity index (χ3n) is 6.07. The molecule has 1 aromatic heterocycles. The van der Waals surface area contributed by atoms with Gasteiger partial charge in [0.15, 0.2) is 0 Å². The summed E-state index contributed by atoms with van der Waals surface area (Å²) in [6.45, 7) is 7.14. The molecule has 0 atom stereocenters. The lowest BCUT2D eigenvalue weighted by Gasteiger charge is -2.34. The molecule has 0 saturated heterocycles. The predicted octanol–water partition coefficient (Wildman–Crippen LogP) is 3.80. The smallest absolute Gasteiger partial charge is 0.242 e. The second-order valence-corrected chi connectivity index (χ2v) is 9.16. The number of carbonyl (C=O) groups is 2. The van der Waals surface area contributed by atoms with Gasteiger partial charge in [-0.3, -0.25) is 9.59 Å². The Balaban J connectivity index is 1.70. The highest BCUT2D eigenvalue weighted by atomic mass is 16.5. The average Bonchev–Trinajstić information content (AvgIpc) is 3.16. The largest absolute Gasteiger partial charge is 0.383 e. The van der Waals surface area contributed by atoms with Gasteiger partial charge in [0.05, 0.1) is 19.7 Å². The number of methoxy groups -OCH3 is 1. The first-order valence-corrected chi connectivity index (χ1v) is 11.7. The van der Waals surface area contributed by atoms with Crippen molar-refractivity contribution in [3.8, 4) is 0 Å². The summed E-state index contributed by atoms with van der Waals surface area (Å²) in [5.74, 6) is 0.528. The van der Waals surface area contributed by atoms with E-state index >= 15 is 0 Å². The molecule has 0 radical (unpaired) electrons. The van der Waals surface area contributed by atoms with Gasteiger partial charge in [-0.1, -0.05) is 50.6 Å². The van der Waals surface area contributed by atoms with Crippen molar-refractivity contribution in [2.45, 2.75) is 46.2 Å². The fraction of sp³-hybridized carbons (Fsp3) is 0.538. The molecule has 0 unspecified atom stereocenters. The quantitative estimate of drug-likeness (QED) is 0.506. The van der Waals surface area contributed by atoms with Gasteiger partial charge in [0.25, 0.3) is 0 Å². The zero-order valence-corrected chi connectivity index (χ0v) is 19.7. The maximum absolute atomic E-state index is 13.3. The van der Waals surface area contributed by atoms with Crippen molar-refractivity contribution in [1.82, 2.24) is 14.4 Å². The SMILES string of the molecule is COCCN(Cc1cccn1Cc1ccccc1)C(=O)CN(CC(C)C)C(=O)C1CCC1. The maximum atomic E-state index is 13.3. The molecule has 2 aromatic rings. The predicted molar refractivity (Wildman–Crippen MR) is 126 cm³/mol. The molecule has 1 aliphatic carbocycles. The molecule has 32 heavy (non-hydrogen) atoms. The summed E-state index contributed by atoms with van der Waals surface area (Å²) >= 11 is 0. The van der Waals surface area contributed by atoms with Crippen molar-refractivity contribution < 1.29 is 14.3 Å². The number of benzene rings is 1. The number of hydrogen-bond donors (Lipinski definition) is 0. The molecule has 1 aliphatic rings. The average molecular weight is 440 g/mol. The van der Waals surface area contributed by atoms with Gasteiger partial charge in [-0.2, -0.15) is 0 Å². The Morgan fingerprint density at radius 1 is 1.09 bits per heavy atom. The molecule has 1 fully saturated rings. The summed E-state index contributed by atoms with van der Waals surface area (Å²) < 4.78 is 7.44. The van der Waals surface area contributed by atoms with Crippen molar-refractivity contribution in [2.24, 2.45) is 11.8 Å². The molecule has 1 saturated carbocycles. The molecule has 1 heterocycles. The summed E-state index contributed by atoms with van der Waals surface area (Å²) in [6, 6.07) is 14.4. The minimum atomic E-state index is -0.0252. The third kappa shape index (κ3) is 6.70. The van der Waals surface area contributed by atoms with Crippen LogP contribution < -0.4 is 0 Å². The first kappa shape index (κ1) is 24.1. The standard InChI is InChI=1S/C26H37N3O3/c1-21(2)17-29(26(31)23-11-7-12-23)20-25(30)28(15-16-32-3)19-24-13-8-14-27(24)18-22-9-5-4-6-10-22/h4-6,8-10,13-14,21,23H,7,11-12,15-20H2,1-3H3. The Bertz CT molecular complexity index is 858. The molecule has 0 spiro atoms. The summed E-state index contributed by atoms with van der Waals surface area (Å²) in [5.41, 5.74) is 2.29. The molecule has 6 heteroatoms. The van der Waals surface area contributed by atoms with Gasteiger partial charge in [-0.05, 0) is 36.5 Å². The summed E-state index contributed by atoms with van der Waals surface area (Å²) in [7, 11) is 1.64. The number of aromatic nitrogens is 1. The molecule has 1 aromatic carbocycles. The van der Waals surface area contributed by atoms with E-state index in [0.29, 0.717) is 32.2 Å². The van der Waals surface area contributed by atoms with E-state index in [1.165, 1.54) is 5.56 Å². The molecule has 0 N–H and O–H groups in total. The lowest BCUT2D eigenvalue weighted by molar-refractivity contribution is -0.145. The molecule has 2 amide bonds. The van der Waals surface area contributed by atoms with E-state index in [4.69, 9.17) is 4.74 Å². The number of carbonyl (C=O) groups excluding carboxylic acids is 2. The lowest BCUT2D eigenvalue weighted by Crippen LogP contribution is -2.47. The van der Waals surface area contributed by atoms with E-state index in [-0.39, 0.29) is 24.3 Å². The van der Waals surface area contributed by atoms with E-state index < -0.39 is 0 Å². The van der Waals surface area contributed by atoms with Crippen LogP contribution in [-0.2, 0) is 27.4 Å². The van der Waals surface area contributed by atoms with Gasteiger partial charge in [0.1, 0.15) is 0 Å². The number of rotatable bonds is 12. The second kappa shape index (κ2) is 11.9. The Morgan fingerprint density at radius 2 is 1.84 bits per heavy atom. The van der Waals surface area contributed by atoms with Crippen LogP contribution in [-0.4, -0.2) is 59.5 Å². The van der Waals surface area contributed by atoms with E-state index in [9.17, 15) is 9.59 Å². The van der Waals surface area contributed by atoms with E-state index in [2.05, 4.69) is 36.6 Å². The highest BCUT2D eigenvalue weighted by Crippen LogP contribution is 2.28. The zero-order chi connectivity index (χ0) is 22.9. The Kier molecular flexibility index (Phi) is 8.91. The molecule has 0 bridgehead atoms. The number of hydrogen-bond acceptors (Lipinski definition) is 3. The Labute approximate surface area is 192 Å². The second-order valence-electron chi connectivity index (χ2n) is 9.16. The van der Waals surface area contributed by atoms with Crippen molar-refractivity contribution in [1.29, 1.82) is 0 Å². The molecule has 0 aliphatic heterocycles. The molecule has 174 valence electrons. The summed E-state index contributed by atoms with van der Waals surface area (Å²) in [4.78, 5) is 29.9. The summed E-state index contributed by atoms with van der Waals surface area (Å²) in [5, 5.41) is 0. The van der Waals surface area contributed by atoms with Crippen LogP contribution in [0.3, 0.4) is 0 Å². The topological polar surface area (TPSA) is 54.8 Å². The van der Waals surface area contributed by atoms with Crippen LogP contribution in [0, 0.1) is 11.8 Å². The van der Waals surface area contributed by atoms with E-state index in [1.807, 2.05) is 35.4 Å². The first-order chi connectivity index (χ1) is 15.5. The number of nitrogens with zero attached hydrogens (tertiary/aromatic N) is 3. The van der Waals surface area contributed by atoms with E-state index in [1.54, 1.807) is 12.0 Å². The van der Waals surface area contributed by atoms with Gasteiger partial charge in [-0.25, -0.2) is 0 Å². The lowest BCUT2D eigenvalue weighted by atomic mass is 9.84. The maximum Gasteiger partial charge on any atom is 0.242 e. The van der Waals surface area contributed by atoms with E-state index in [0.717, 1.165) is 31.5 Å². The van der Waals surface area contributed by atoms with Gasteiger partial charge in [-0.15, -0.1) is 0 Å². The van der Waals surface area contributed by atoms with Crippen LogP contribution in [0.25, 0.3) is 0 Å². The van der Waals surface area contributed by atoms with Gasteiger partial charge in [0, 0.05) is 44.6 Å². The Hall–Kier alpha value is -2.60. The van der Waals surface area contributed by atoms with Crippen molar-refractivity contribution in [3.63, 3.8) is 0 Å². The van der Waals surface area contributed by atoms with Crippen LogP contribution in [0.4, 0.5) is 0 Å². The van der Waals surface area contributed by atoms with Crippen LogP contribution in [0.1, 0.15) is 44.4 Å². The van der Waals surface area contributed by atoms with Gasteiger partial charge in [0.2, 0.25) is 11.8 Å². The third-order valence-corrected chi connectivity index (χ3v) is 6.07. The molecular formula is C26H37N3O3. The van der Waals surface area contributed by atoms with Crippen LogP contribution in [0.5, 0.6) is 0 Å². The first-order valence-electron chi connectivity index (χ1n) is 11.7. The minimum absolute atomic E-state index is 0.0252. The minimum Gasteiger partial charge on any atom is -0.383 e. The highest BCUT2D eigenvalue weighted by molar-refractivity contribution is 5.86. The molecule has 3 rings (SSSR count). The number of ether oxygens (including phenoxy) is 1. The Morgan fingerprint density at radius 3 is 2.47 bits per heavy atom. The van der Waals surface area contributed by atoms with Gasteiger partial charge < -0.3 is 19.1 Å². The fourth-order valence-corrected chi connectivity index (χ4v) is 4.07.